The average Bonchev–Trinajstić information content (AvgIpc) is 3.47. The molecule has 0 radical (unpaired) electrons. The lowest BCUT2D eigenvalue weighted by molar-refractivity contribution is 0.104. The van der Waals surface area contributed by atoms with Crippen LogP contribution < -0.4 is 24.6 Å². The van der Waals surface area contributed by atoms with Gasteiger partial charge < -0.3 is 23.4 Å². The Hall–Kier alpha value is -5.38. The van der Waals surface area contributed by atoms with Crippen LogP contribution in [0.25, 0.3) is 22.7 Å². The highest BCUT2D eigenvalue weighted by Crippen LogP contribution is 2.40. The molecule has 0 unspecified atom stereocenters. The van der Waals surface area contributed by atoms with Crippen LogP contribution in [-0.4, -0.2) is 42.1 Å². The van der Waals surface area contributed by atoms with Crippen molar-refractivity contribution in [2.75, 3.05) is 21.3 Å². The number of allylic oxidation sites excluding steroid dienone is 1. The van der Waals surface area contributed by atoms with E-state index in [2.05, 4.69) is 10.3 Å². The first-order chi connectivity index (χ1) is 19.5. The minimum absolute atomic E-state index is 0.106. The Balaban J connectivity index is 1.27. The van der Waals surface area contributed by atoms with Crippen LogP contribution in [0.3, 0.4) is 0 Å². The number of aromatic nitrogens is 3. The third-order valence-corrected chi connectivity index (χ3v) is 6.09. The third kappa shape index (κ3) is 5.41. The predicted octanol–water partition coefficient (Wildman–Crippen LogP) is 4.87. The van der Waals surface area contributed by atoms with E-state index in [-0.39, 0.29) is 12.4 Å². The lowest BCUT2D eigenvalue weighted by atomic mass is 10.1. The summed E-state index contributed by atoms with van der Waals surface area (Å²) in [5.74, 6) is 1.67. The Bertz CT molecular complexity index is 1750. The maximum Gasteiger partial charge on any atom is 0.339 e. The zero-order chi connectivity index (χ0) is 28.1. The van der Waals surface area contributed by atoms with Gasteiger partial charge >= 0.3 is 5.63 Å². The number of methoxy groups -OCH3 is 3. The molecule has 3 aromatic carbocycles. The molecule has 0 amide bonds. The summed E-state index contributed by atoms with van der Waals surface area (Å²) in [4.78, 5) is 24.7. The number of carbonyl (C=O) groups excluding carboxylic acids is 1. The van der Waals surface area contributed by atoms with Crippen LogP contribution in [0.4, 0.5) is 0 Å². The monoisotopic (exact) mass is 539 g/mol. The average molecular weight is 540 g/mol. The summed E-state index contributed by atoms with van der Waals surface area (Å²) in [6.45, 7) is 0.106. The van der Waals surface area contributed by atoms with Gasteiger partial charge in [-0.2, -0.15) is 0 Å². The van der Waals surface area contributed by atoms with Crippen LogP contribution in [0.2, 0.25) is 0 Å². The van der Waals surface area contributed by atoms with E-state index in [4.69, 9.17) is 23.4 Å². The molecule has 0 aliphatic heterocycles. The number of carbonyl (C=O) groups is 1. The third-order valence-electron chi connectivity index (χ3n) is 6.09. The van der Waals surface area contributed by atoms with Crippen LogP contribution in [0.15, 0.2) is 88.2 Å². The number of para-hydroxylation sites is 1. The first-order valence-electron chi connectivity index (χ1n) is 12.2. The van der Waals surface area contributed by atoms with Crippen LogP contribution in [0.5, 0.6) is 23.0 Å². The second kappa shape index (κ2) is 11.6. The second-order valence-electron chi connectivity index (χ2n) is 8.54. The van der Waals surface area contributed by atoms with Gasteiger partial charge in [-0.15, -0.1) is 5.10 Å². The minimum atomic E-state index is -0.496. The maximum absolute atomic E-state index is 12.8. The van der Waals surface area contributed by atoms with Gasteiger partial charge in [0.05, 0.1) is 44.7 Å². The summed E-state index contributed by atoms with van der Waals surface area (Å²) in [7, 11) is 4.59. The van der Waals surface area contributed by atoms with Crippen molar-refractivity contribution in [3.8, 4) is 28.7 Å². The molecule has 0 saturated heterocycles. The molecule has 202 valence electrons. The molecule has 5 aromatic rings. The quantitative estimate of drug-likeness (QED) is 0.139. The van der Waals surface area contributed by atoms with E-state index in [9.17, 15) is 9.59 Å². The van der Waals surface area contributed by atoms with E-state index in [1.54, 1.807) is 72.6 Å². The standard InChI is InChI=1S/C30H25N3O7/c1-36-26-15-11-20(29(37-2)30(26)38-3)10-14-24(34)19-8-12-22(13-9-19)33-17-21(31-32-33)18-39-27-16-28(35)40-25-7-5-4-6-23(25)27/h4-17H,18H2,1-3H3/b14-10+. The van der Waals surface area contributed by atoms with Gasteiger partial charge in [-0.3, -0.25) is 4.79 Å². The number of fused-ring (bicyclic) bond motifs is 1. The molecule has 0 aliphatic rings. The van der Waals surface area contributed by atoms with Crippen molar-refractivity contribution in [3.05, 3.63) is 106 Å². The number of benzene rings is 3. The maximum atomic E-state index is 12.8. The van der Waals surface area contributed by atoms with Crippen LogP contribution in [-0.2, 0) is 6.61 Å². The summed E-state index contributed by atoms with van der Waals surface area (Å²) < 4.78 is 28.8. The fourth-order valence-electron chi connectivity index (χ4n) is 4.14. The number of hydrogen-bond donors (Lipinski definition) is 0. The number of ether oxygens (including phenoxy) is 4. The molecular formula is C30H25N3O7. The van der Waals surface area contributed by atoms with Crippen molar-refractivity contribution >= 4 is 22.8 Å². The van der Waals surface area contributed by atoms with Crippen molar-refractivity contribution < 1.29 is 28.2 Å². The molecule has 2 aromatic heterocycles. The molecule has 10 nitrogen and oxygen atoms in total. The minimum Gasteiger partial charge on any atom is -0.493 e. The van der Waals surface area contributed by atoms with Crippen LogP contribution >= 0.6 is 0 Å². The zero-order valence-corrected chi connectivity index (χ0v) is 22.0. The second-order valence-corrected chi connectivity index (χ2v) is 8.54. The number of nitrogens with zero attached hydrogens (tertiary/aromatic N) is 3. The van der Waals surface area contributed by atoms with Crippen LogP contribution in [0, 0.1) is 0 Å². The molecule has 10 heteroatoms. The summed E-state index contributed by atoms with van der Waals surface area (Å²) >= 11 is 0. The molecule has 2 heterocycles. The molecule has 40 heavy (non-hydrogen) atoms. The lowest BCUT2D eigenvalue weighted by Gasteiger charge is -2.13. The van der Waals surface area contributed by atoms with Crippen LogP contribution in [0.1, 0.15) is 21.6 Å². The summed E-state index contributed by atoms with van der Waals surface area (Å²) in [6, 6.07) is 18.9. The molecule has 0 saturated carbocycles. The fourth-order valence-corrected chi connectivity index (χ4v) is 4.14. The van der Waals surface area contributed by atoms with Gasteiger partial charge in [-0.05, 0) is 60.7 Å². The van der Waals surface area contributed by atoms with Gasteiger partial charge in [-0.1, -0.05) is 17.3 Å². The lowest BCUT2D eigenvalue weighted by Crippen LogP contribution is -2.02. The van der Waals surface area contributed by atoms with E-state index in [0.29, 0.717) is 56.5 Å². The molecule has 0 bridgehead atoms. The predicted molar refractivity (Wildman–Crippen MR) is 148 cm³/mol. The summed E-state index contributed by atoms with van der Waals surface area (Å²) in [6.07, 6.45) is 4.85. The molecule has 0 N–H and O–H groups in total. The largest absolute Gasteiger partial charge is 0.493 e. The van der Waals surface area contributed by atoms with E-state index >= 15 is 0 Å². The van der Waals surface area contributed by atoms with E-state index in [1.165, 1.54) is 26.4 Å². The van der Waals surface area contributed by atoms with Gasteiger partial charge in [0.25, 0.3) is 0 Å². The van der Waals surface area contributed by atoms with Crippen molar-refractivity contribution in [3.63, 3.8) is 0 Å². The Morgan fingerprint density at radius 1 is 0.925 bits per heavy atom. The first kappa shape index (κ1) is 26.2. The van der Waals surface area contributed by atoms with Crippen molar-refractivity contribution in [1.29, 1.82) is 0 Å². The normalized spacial score (nSPS) is 11.1. The van der Waals surface area contributed by atoms with Crippen molar-refractivity contribution in [1.82, 2.24) is 15.0 Å². The smallest absolute Gasteiger partial charge is 0.339 e. The van der Waals surface area contributed by atoms with Crippen molar-refractivity contribution in [2.24, 2.45) is 0 Å². The van der Waals surface area contributed by atoms with Gasteiger partial charge in [-0.25, -0.2) is 9.48 Å². The summed E-state index contributed by atoms with van der Waals surface area (Å²) in [5.41, 5.74) is 2.39. The number of ketones is 1. The van der Waals surface area contributed by atoms with E-state index in [1.807, 2.05) is 12.1 Å². The zero-order valence-electron chi connectivity index (χ0n) is 22.0. The molecule has 0 atom stereocenters. The fraction of sp³-hybridized carbons (Fsp3) is 0.133. The molecular weight excluding hydrogens is 514 g/mol. The molecule has 0 aliphatic carbocycles. The van der Waals surface area contributed by atoms with E-state index in [0.717, 1.165) is 0 Å². The number of hydrogen-bond acceptors (Lipinski definition) is 9. The highest BCUT2D eigenvalue weighted by molar-refractivity contribution is 6.07. The SMILES string of the molecule is COc1ccc(/C=C/C(=O)c2ccc(-n3cc(COc4cc(=O)oc5ccccc45)nn3)cc2)c(OC)c1OC. The Morgan fingerprint density at radius 2 is 1.70 bits per heavy atom. The highest BCUT2D eigenvalue weighted by atomic mass is 16.5. The Labute approximate surface area is 229 Å². The Kier molecular flexibility index (Phi) is 7.58. The topological polar surface area (TPSA) is 115 Å². The van der Waals surface area contributed by atoms with Gasteiger partial charge in [0.2, 0.25) is 5.75 Å². The van der Waals surface area contributed by atoms with Gasteiger partial charge in [0.15, 0.2) is 17.3 Å². The van der Waals surface area contributed by atoms with Gasteiger partial charge in [0.1, 0.15) is 23.6 Å². The number of rotatable bonds is 10. The van der Waals surface area contributed by atoms with Crippen molar-refractivity contribution in [2.45, 2.75) is 6.61 Å². The molecule has 0 spiro atoms. The first-order valence-corrected chi connectivity index (χ1v) is 12.2. The van der Waals surface area contributed by atoms with E-state index < -0.39 is 5.63 Å². The highest BCUT2D eigenvalue weighted by Gasteiger charge is 2.15. The molecule has 5 rings (SSSR count). The summed E-state index contributed by atoms with van der Waals surface area (Å²) in [5, 5.41) is 8.99. The molecule has 0 fully saturated rings. The van der Waals surface area contributed by atoms with Gasteiger partial charge in [0, 0.05) is 11.1 Å². The Morgan fingerprint density at radius 3 is 2.45 bits per heavy atom.